The zero-order chi connectivity index (χ0) is 18.3. The van der Waals surface area contributed by atoms with Crippen molar-refractivity contribution in [2.75, 3.05) is 0 Å². The van der Waals surface area contributed by atoms with Crippen LogP contribution in [0.15, 0.2) is 47.3 Å². The molecule has 1 aliphatic carbocycles. The zero-order valence-electron chi connectivity index (χ0n) is 14.9. The summed E-state index contributed by atoms with van der Waals surface area (Å²) in [6.45, 7) is 6.77. The van der Waals surface area contributed by atoms with Gasteiger partial charge < -0.3 is 4.57 Å². The molecule has 0 saturated carbocycles. The standard InChI is InChI=1S/C20H19N5O/c1-12-9-13(2)16(14(3)10-12)11-25-17-8-6-4-5-7-15(17)18(20(25)26)19-21-23-24-22-19/h4-10H,11H2,1-3H3,(H,21,22,23,24). The van der Waals surface area contributed by atoms with Gasteiger partial charge in [-0.3, -0.25) is 4.79 Å². The van der Waals surface area contributed by atoms with Crippen LogP contribution in [0.4, 0.5) is 0 Å². The Morgan fingerprint density at radius 1 is 1.04 bits per heavy atom. The van der Waals surface area contributed by atoms with E-state index in [9.17, 15) is 4.79 Å². The van der Waals surface area contributed by atoms with Crippen molar-refractivity contribution in [3.8, 4) is 22.6 Å². The summed E-state index contributed by atoms with van der Waals surface area (Å²) in [5.74, 6) is 0.322. The minimum atomic E-state index is -0.105. The molecule has 0 fully saturated rings. The highest BCUT2D eigenvalue weighted by Gasteiger charge is 2.24. The van der Waals surface area contributed by atoms with Gasteiger partial charge in [0.25, 0.3) is 5.56 Å². The minimum Gasteiger partial charge on any atom is -0.303 e. The molecule has 0 radical (unpaired) electrons. The Bertz CT molecular complexity index is 1090. The van der Waals surface area contributed by atoms with Crippen molar-refractivity contribution in [1.29, 1.82) is 0 Å². The van der Waals surface area contributed by atoms with E-state index >= 15 is 0 Å². The fraction of sp³-hybridized carbons (Fsp3) is 0.200. The largest absolute Gasteiger partial charge is 0.303 e. The van der Waals surface area contributed by atoms with Crippen molar-refractivity contribution in [3.63, 3.8) is 0 Å². The van der Waals surface area contributed by atoms with Crippen LogP contribution in [-0.2, 0) is 6.54 Å². The normalized spacial score (nSPS) is 11.2. The summed E-state index contributed by atoms with van der Waals surface area (Å²) >= 11 is 0. The number of hydrogen-bond acceptors (Lipinski definition) is 4. The van der Waals surface area contributed by atoms with Crippen molar-refractivity contribution >= 4 is 0 Å². The molecule has 0 unspecified atom stereocenters. The maximum atomic E-state index is 13.2. The van der Waals surface area contributed by atoms with Gasteiger partial charge in [-0.2, -0.15) is 5.21 Å². The summed E-state index contributed by atoms with van der Waals surface area (Å²) in [7, 11) is 0. The first-order valence-corrected chi connectivity index (χ1v) is 8.48. The molecule has 130 valence electrons. The van der Waals surface area contributed by atoms with E-state index < -0.39 is 0 Å². The van der Waals surface area contributed by atoms with Gasteiger partial charge >= 0.3 is 0 Å². The smallest absolute Gasteiger partial charge is 0.263 e. The van der Waals surface area contributed by atoms with Gasteiger partial charge in [0.1, 0.15) is 0 Å². The molecule has 6 heteroatoms. The van der Waals surface area contributed by atoms with Gasteiger partial charge in [-0.15, -0.1) is 10.2 Å². The SMILES string of the molecule is Cc1cc(C)c(Cn2c3cccccc-3c(-c3nn[nH]n3)c2=O)c(C)c1. The number of nitrogens with one attached hydrogen (secondary N) is 1. The lowest BCUT2D eigenvalue weighted by molar-refractivity contribution is 0.776. The summed E-state index contributed by atoms with van der Waals surface area (Å²) < 4.78 is 1.80. The van der Waals surface area contributed by atoms with E-state index in [1.807, 2.05) is 30.3 Å². The Labute approximate surface area is 150 Å². The number of rotatable bonds is 3. The van der Waals surface area contributed by atoms with E-state index in [-0.39, 0.29) is 5.56 Å². The number of hydrogen-bond donors (Lipinski definition) is 1. The van der Waals surface area contributed by atoms with Gasteiger partial charge in [-0.1, -0.05) is 42.0 Å². The average Bonchev–Trinajstić information content (AvgIpc) is 3.11. The molecular weight excluding hydrogens is 326 g/mol. The zero-order valence-corrected chi connectivity index (χ0v) is 14.9. The van der Waals surface area contributed by atoms with E-state index in [4.69, 9.17) is 0 Å². The molecule has 1 aliphatic heterocycles. The number of aromatic amines is 1. The second kappa shape index (κ2) is 6.22. The highest BCUT2D eigenvalue weighted by molar-refractivity contribution is 5.80. The lowest BCUT2D eigenvalue weighted by Crippen LogP contribution is -2.18. The van der Waals surface area contributed by atoms with Crippen LogP contribution in [0.5, 0.6) is 0 Å². The molecule has 0 saturated heterocycles. The Morgan fingerprint density at radius 3 is 2.46 bits per heavy atom. The highest BCUT2D eigenvalue weighted by Crippen LogP contribution is 2.30. The number of fused-ring (bicyclic) bond motifs is 1. The summed E-state index contributed by atoms with van der Waals surface area (Å²) in [5, 5.41) is 14.1. The lowest BCUT2D eigenvalue weighted by atomic mass is 10.00. The Balaban J connectivity index is 1.95. The Hall–Kier alpha value is -3.28. The molecule has 0 amide bonds. The van der Waals surface area contributed by atoms with Crippen LogP contribution in [-0.4, -0.2) is 25.2 Å². The van der Waals surface area contributed by atoms with Crippen molar-refractivity contribution in [1.82, 2.24) is 25.2 Å². The van der Waals surface area contributed by atoms with Crippen molar-refractivity contribution in [2.24, 2.45) is 0 Å². The molecule has 2 heterocycles. The molecule has 6 nitrogen and oxygen atoms in total. The first-order chi connectivity index (χ1) is 12.6. The fourth-order valence-corrected chi connectivity index (χ4v) is 3.60. The third kappa shape index (κ3) is 2.60. The van der Waals surface area contributed by atoms with Crippen molar-refractivity contribution in [3.05, 3.63) is 75.1 Å². The molecule has 1 aromatic carbocycles. The number of aromatic nitrogens is 5. The third-order valence-corrected chi connectivity index (χ3v) is 4.76. The number of aryl methyl sites for hydroxylation is 3. The van der Waals surface area contributed by atoms with Crippen LogP contribution < -0.4 is 5.56 Å². The van der Waals surface area contributed by atoms with Crippen LogP contribution in [0.1, 0.15) is 22.3 Å². The molecule has 0 atom stereocenters. The molecule has 0 bridgehead atoms. The van der Waals surface area contributed by atoms with Gasteiger partial charge in [-0.25, -0.2) is 0 Å². The first kappa shape index (κ1) is 16.2. The molecule has 0 spiro atoms. The quantitative estimate of drug-likeness (QED) is 0.619. The Morgan fingerprint density at radius 2 is 1.77 bits per heavy atom. The topological polar surface area (TPSA) is 76.5 Å². The minimum absolute atomic E-state index is 0.105. The first-order valence-electron chi connectivity index (χ1n) is 8.48. The third-order valence-electron chi connectivity index (χ3n) is 4.76. The molecule has 2 aliphatic rings. The lowest BCUT2D eigenvalue weighted by Gasteiger charge is -2.13. The van der Waals surface area contributed by atoms with E-state index in [0.29, 0.717) is 17.9 Å². The van der Waals surface area contributed by atoms with Crippen molar-refractivity contribution < 1.29 is 0 Å². The van der Waals surface area contributed by atoms with Gasteiger partial charge in [0, 0.05) is 5.56 Å². The fourth-order valence-electron chi connectivity index (χ4n) is 3.60. The number of nitrogens with zero attached hydrogens (tertiary/aromatic N) is 4. The Kier molecular flexibility index (Phi) is 3.88. The molecule has 26 heavy (non-hydrogen) atoms. The van der Waals surface area contributed by atoms with Gasteiger partial charge in [-0.05, 0) is 48.7 Å². The summed E-state index contributed by atoms with van der Waals surface area (Å²) in [6.07, 6.45) is 0. The van der Waals surface area contributed by atoms with Crippen LogP contribution in [0, 0.1) is 20.8 Å². The maximum Gasteiger partial charge on any atom is 0.263 e. The molecular formula is C20H19N5O. The monoisotopic (exact) mass is 345 g/mol. The molecule has 2 aromatic rings. The summed E-state index contributed by atoms with van der Waals surface area (Å²) in [6, 6.07) is 14.0. The van der Waals surface area contributed by atoms with E-state index in [0.717, 1.165) is 16.8 Å². The van der Waals surface area contributed by atoms with Crippen LogP contribution in [0.3, 0.4) is 0 Å². The van der Waals surface area contributed by atoms with Crippen LogP contribution >= 0.6 is 0 Å². The number of tetrazole rings is 1. The van der Waals surface area contributed by atoms with Gasteiger partial charge in [0.2, 0.25) is 5.82 Å². The van der Waals surface area contributed by atoms with Gasteiger partial charge in [0.05, 0.1) is 17.8 Å². The predicted octanol–water partition coefficient (Wildman–Crippen LogP) is 3.11. The van der Waals surface area contributed by atoms with E-state index in [2.05, 4.69) is 53.5 Å². The van der Waals surface area contributed by atoms with Gasteiger partial charge in [0.15, 0.2) is 0 Å². The molecule has 4 rings (SSSR count). The highest BCUT2D eigenvalue weighted by atomic mass is 16.1. The predicted molar refractivity (Wildman–Crippen MR) is 100 cm³/mol. The second-order valence-electron chi connectivity index (χ2n) is 6.59. The average molecular weight is 345 g/mol. The summed E-state index contributed by atoms with van der Waals surface area (Å²) in [5.41, 5.74) is 6.82. The molecule has 1 N–H and O–H groups in total. The van der Waals surface area contributed by atoms with Crippen LogP contribution in [0.2, 0.25) is 0 Å². The second-order valence-corrected chi connectivity index (χ2v) is 6.59. The van der Waals surface area contributed by atoms with Crippen molar-refractivity contribution in [2.45, 2.75) is 27.3 Å². The number of H-pyrrole nitrogens is 1. The van der Waals surface area contributed by atoms with E-state index in [1.165, 1.54) is 16.7 Å². The molecule has 1 aromatic heterocycles. The number of benzene rings is 1. The van der Waals surface area contributed by atoms with E-state index in [1.54, 1.807) is 4.57 Å². The summed E-state index contributed by atoms with van der Waals surface area (Å²) in [4.78, 5) is 13.2. The maximum absolute atomic E-state index is 13.2. The van der Waals surface area contributed by atoms with Crippen LogP contribution in [0.25, 0.3) is 22.6 Å².